The van der Waals surface area contributed by atoms with E-state index in [0.29, 0.717) is 6.61 Å². The molecule has 3 saturated heterocycles. The van der Waals surface area contributed by atoms with Crippen LogP contribution in [-0.2, 0) is 13.3 Å². The molecule has 0 radical (unpaired) electrons. The van der Waals surface area contributed by atoms with Crippen LogP contribution in [0.5, 0.6) is 0 Å². The van der Waals surface area contributed by atoms with E-state index >= 15 is 0 Å². The lowest BCUT2D eigenvalue weighted by Crippen LogP contribution is -2.67. The first kappa shape index (κ1) is 23.9. The third-order valence-corrected chi connectivity index (χ3v) is 17.6. The molecule has 0 spiro atoms. The van der Waals surface area contributed by atoms with Crippen LogP contribution in [0.4, 0.5) is 0 Å². The van der Waals surface area contributed by atoms with Crippen molar-refractivity contribution in [3.8, 4) is 0 Å². The number of rotatable bonds is 3. The Labute approximate surface area is 180 Å². The predicted molar refractivity (Wildman–Crippen MR) is 123 cm³/mol. The Kier molecular flexibility index (Phi) is 5.86. The van der Waals surface area contributed by atoms with Gasteiger partial charge in [0.1, 0.15) is 0 Å². The first-order valence-corrected chi connectivity index (χ1v) is 16.1. The second-order valence-electron chi connectivity index (χ2n) is 13.0. The lowest BCUT2D eigenvalue weighted by Gasteiger charge is -2.55. The molecule has 3 aliphatic rings. The minimum absolute atomic E-state index is 0.00235. The van der Waals surface area contributed by atoms with Crippen LogP contribution in [0.25, 0.3) is 0 Å². The summed E-state index contributed by atoms with van der Waals surface area (Å²) in [5.41, 5.74) is 0. The van der Waals surface area contributed by atoms with Crippen LogP contribution in [0.2, 0.25) is 28.2 Å². The van der Waals surface area contributed by atoms with Crippen LogP contribution < -0.4 is 0 Å². The Morgan fingerprint density at radius 3 is 2.03 bits per heavy atom. The summed E-state index contributed by atoms with van der Waals surface area (Å²) in [6.45, 7) is 26.4. The molecule has 0 aromatic carbocycles. The lowest BCUT2D eigenvalue weighted by molar-refractivity contribution is -0.0663. The van der Waals surface area contributed by atoms with Crippen molar-refractivity contribution in [1.82, 2.24) is 4.90 Å². The zero-order chi connectivity index (χ0) is 22.2. The lowest BCUT2D eigenvalue weighted by atomic mass is 10.0. The van der Waals surface area contributed by atoms with Crippen molar-refractivity contribution in [2.24, 2.45) is 0 Å². The molecule has 0 saturated carbocycles. The maximum atomic E-state index is 11.4. The van der Waals surface area contributed by atoms with Crippen LogP contribution in [-0.4, -0.2) is 70.4 Å². The summed E-state index contributed by atoms with van der Waals surface area (Å²) < 4.78 is 20.4. The van der Waals surface area contributed by atoms with E-state index in [0.717, 1.165) is 13.0 Å². The maximum absolute atomic E-state index is 11.4. The first-order valence-electron chi connectivity index (χ1n) is 11.4. The topological polar surface area (TPSA) is 51.2 Å². The van der Waals surface area contributed by atoms with E-state index in [9.17, 15) is 5.11 Å². The molecule has 0 aromatic rings. The molecule has 5 atom stereocenters. The fourth-order valence-electron chi connectivity index (χ4n) is 5.45. The van der Waals surface area contributed by atoms with Gasteiger partial charge in [0.05, 0.1) is 37.0 Å². The zero-order valence-corrected chi connectivity index (χ0v) is 22.6. The fraction of sp³-hybridized carbons (Fsp3) is 1.00. The highest BCUT2D eigenvalue weighted by molar-refractivity contribution is 6.74. The average Bonchev–Trinajstić information content (AvgIpc) is 3.05. The van der Waals surface area contributed by atoms with Crippen LogP contribution in [0.15, 0.2) is 0 Å². The number of nitrogens with zero attached hydrogens (tertiary/aromatic N) is 1. The maximum Gasteiger partial charge on any atom is 0.349 e. The van der Waals surface area contributed by atoms with Gasteiger partial charge in [0.2, 0.25) is 0 Å². The van der Waals surface area contributed by atoms with Gasteiger partial charge in [0, 0.05) is 16.6 Å². The summed E-state index contributed by atoms with van der Waals surface area (Å²) >= 11 is 0. The molecule has 3 rings (SSSR count). The Balaban J connectivity index is 1.87. The Hall–Kier alpha value is 0.234. The smallest absolute Gasteiger partial charge is 0.349 e. The zero-order valence-electron chi connectivity index (χ0n) is 20.6. The molecule has 170 valence electrons. The molecule has 7 heteroatoms. The van der Waals surface area contributed by atoms with Crippen molar-refractivity contribution >= 4 is 16.9 Å². The molecule has 3 fully saturated rings. The Bertz CT molecular complexity index is 606. The normalized spacial score (nSPS) is 35.8. The van der Waals surface area contributed by atoms with E-state index in [1.165, 1.54) is 0 Å². The number of aliphatic hydroxyl groups excluding tert-OH is 1. The average molecular weight is 444 g/mol. The van der Waals surface area contributed by atoms with Gasteiger partial charge < -0.3 is 18.4 Å². The molecule has 0 aliphatic carbocycles. The van der Waals surface area contributed by atoms with E-state index in [1.807, 2.05) is 0 Å². The highest BCUT2D eigenvalue weighted by Crippen LogP contribution is 2.58. The summed E-state index contributed by atoms with van der Waals surface area (Å²) in [6, 6.07) is 0.154. The van der Waals surface area contributed by atoms with Gasteiger partial charge in [0.25, 0.3) is 0 Å². The second kappa shape index (κ2) is 7.12. The predicted octanol–water partition coefficient (Wildman–Crippen LogP) is 4.65. The monoisotopic (exact) mass is 443 g/mol. The molecule has 0 aromatic heterocycles. The summed E-state index contributed by atoms with van der Waals surface area (Å²) in [5.74, 6) is 0. The van der Waals surface area contributed by atoms with E-state index in [4.69, 9.17) is 13.3 Å². The molecular formula is C22H45NO4Si2. The van der Waals surface area contributed by atoms with E-state index in [2.05, 4.69) is 80.3 Å². The van der Waals surface area contributed by atoms with Gasteiger partial charge >= 0.3 is 8.56 Å². The molecule has 1 N–H and O–H groups in total. The molecule has 29 heavy (non-hydrogen) atoms. The first-order chi connectivity index (χ1) is 12.9. The minimum atomic E-state index is -2.61. The van der Waals surface area contributed by atoms with Gasteiger partial charge in [-0.1, -0.05) is 62.3 Å². The molecule has 5 nitrogen and oxygen atoms in total. The molecular weight excluding hydrogens is 398 g/mol. The highest BCUT2D eigenvalue weighted by atomic mass is 28.4. The van der Waals surface area contributed by atoms with Gasteiger partial charge in [-0.25, -0.2) is 0 Å². The van der Waals surface area contributed by atoms with E-state index in [-0.39, 0.29) is 39.4 Å². The van der Waals surface area contributed by atoms with Gasteiger partial charge in [-0.3, -0.25) is 4.90 Å². The third kappa shape index (κ3) is 3.72. The summed E-state index contributed by atoms with van der Waals surface area (Å²) in [4.78, 5) is 2.43. The highest BCUT2D eigenvalue weighted by Gasteiger charge is 2.69. The van der Waals surface area contributed by atoms with Crippen molar-refractivity contribution in [3.05, 3.63) is 0 Å². The summed E-state index contributed by atoms with van der Waals surface area (Å²) in [7, 11) is -4.48. The number of aliphatic hydroxyl groups is 1. The van der Waals surface area contributed by atoms with Crippen molar-refractivity contribution in [2.45, 2.75) is 127 Å². The van der Waals surface area contributed by atoms with Crippen LogP contribution in [0.3, 0.4) is 0 Å². The van der Waals surface area contributed by atoms with Gasteiger partial charge in [-0.2, -0.15) is 0 Å². The largest absolute Gasteiger partial charge is 0.415 e. The molecule has 3 heterocycles. The standard InChI is InChI=1S/C22H45NO4Si2/c1-20(2,3)28(10,11)25-14-15-18(24)19-17-16(12-13-23(15)17)26-29(27-19,21(4,5)6)22(7,8)9/h15-19,24H,12-14H2,1-11H3/t15-,16-,17+,18+,19+/m0/s1. The van der Waals surface area contributed by atoms with Crippen molar-refractivity contribution in [3.63, 3.8) is 0 Å². The quantitative estimate of drug-likeness (QED) is 0.643. The Morgan fingerprint density at radius 1 is 1.00 bits per heavy atom. The second-order valence-corrected chi connectivity index (χ2v) is 22.5. The number of hydrogen-bond donors (Lipinski definition) is 1. The van der Waals surface area contributed by atoms with E-state index < -0.39 is 23.0 Å². The molecule has 3 aliphatic heterocycles. The third-order valence-electron chi connectivity index (χ3n) is 7.94. The van der Waals surface area contributed by atoms with Crippen molar-refractivity contribution in [2.75, 3.05) is 13.2 Å². The molecule has 0 unspecified atom stereocenters. The summed E-state index contributed by atoms with van der Waals surface area (Å²) in [5, 5.41) is 11.4. The molecule has 0 bridgehead atoms. The van der Waals surface area contributed by atoms with Crippen LogP contribution >= 0.6 is 0 Å². The van der Waals surface area contributed by atoms with Gasteiger partial charge in [-0.05, 0) is 24.6 Å². The van der Waals surface area contributed by atoms with E-state index in [1.54, 1.807) is 0 Å². The molecule has 0 amide bonds. The SMILES string of the molecule is CC(C)(C)[Si](C)(C)OC[C@H]1[C@@H](O)[C@@H]2O[Si](C(C)(C)C)(C(C)(C)C)O[C@H]3CCN1[C@@H]23. The van der Waals surface area contributed by atoms with Gasteiger partial charge in [0.15, 0.2) is 8.32 Å². The van der Waals surface area contributed by atoms with Crippen LogP contribution in [0, 0.1) is 0 Å². The summed E-state index contributed by atoms with van der Waals surface area (Å²) in [6.07, 6.45) is 0.489. The number of hydrogen-bond acceptors (Lipinski definition) is 5. The Morgan fingerprint density at radius 2 is 1.55 bits per heavy atom. The van der Waals surface area contributed by atoms with Gasteiger partial charge in [-0.15, -0.1) is 0 Å². The van der Waals surface area contributed by atoms with Crippen molar-refractivity contribution in [1.29, 1.82) is 0 Å². The minimum Gasteiger partial charge on any atom is -0.415 e. The van der Waals surface area contributed by atoms with Crippen LogP contribution in [0.1, 0.15) is 68.7 Å². The van der Waals surface area contributed by atoms with Crippen molar-refractivity contribution < 1.29 is 18.4 Å². The fourth-order valence-corrected chi connectivity index (χ4v) is 11.5.